The van der Waals surface area contributed by atoms with Gasteiger partial charge in [0.05, 0.1) is 19.8 Å². The smallest absolute Gasteiger partial charge is 0.338 e. The third kappa shape index (κ3) is 4.68. The first-order valence-electron chi connectivity index (χ1n) is 7.19. The van der Waals surface area contributed by atoms with Crippen LogP contribution >= 0.6 is 0 Å². The number of hydroxylamine groups is 1. The Balaban J connectivity index is 3.21. The molecule has 25 heavy (non-hydrogen) atoms. The molecule has 1 aromatic rings. The van der Waals surface area contributed by atoms with Gasteiger partial charge >= 0.3 is 5.97 Å². The molecule has 0 aliphatic carbocycles. The molecule has 0 radical (unpaired) electrons. The highest BCUT2D eigenvalue weighted by Gasteiger charge is 2.28. The number of ether oxygens (including phenoxy) is 2. The number of methoxy groups -OCH3 is 1. The van der Waals surface area contributed by atoms with E-state index in [0.717, 1.165) is 6.07 Å². The molecule has 10 heteroatoms. The first-order chi connectivity index (χ1) is 11.6. The number of benzene rings is 1. The number of amides is 1. The lowest BCUT2D eigenvalue weighted by atomic mass is 10.2. The molecule has 0 heterocycles. The maximum absolute atomic E-state index is 12.4. The predicted molar refractivity (Wildman–Crippen MR) is 88.5 cm³/mol. The fourth-order valence-corrected chi connectivity index (χ4v) is 3.04. The van der Waals surface area contributed by atoms with Crippen LogP contribution in [0, 0.1) is 0 Å². The molecule has 0 saturated heterocycles. The molecule has 140 valence electrons. The van der Waals surface area contributed by atoms with E-state index in [-0.39, 0.29) is 16.2 Å². The van der Waals surface area contributed by atoms with Crippen LogP contribution in [0.5, 0.6) is 5.75 Å². The van der Waals surface area contributed by atoms with Crippen molar-refractivity contribution >= 4 is 21.9 Å². The van der Waals surface area contributed by atoms with Crippen molar-refractivity contribution in [3.05, 3.63) is 23.8 Å². The number of esters is 1. The Bertz CT molecular complexity index is 746. The average molecular weight is 374 g/mol. The topological polar surface area (TPSA) is 102 Å². The lowest BCUT2D eigenvalue weighted by molar-refractivity contribution is -0.137. The van der Waals surface area contributed by atoms with Gasteiger partial charge in [-0.25, -0.2) is 13.2 Å². The van der Waals surface area contributed by atoms with E-state index in [4.69, 9.17) is 14.3 Å². The number of sulfonamides is 1. The third-order valence-electron chi connectivity index (χ3n) is 3.35. The summed E-state index contributed by atoms with van der Waals surface area (Å²) in [5.74, 6) is -1.19. The molecule has 9 nitrogen and oxygen atoms in total. The van der Waals surface area contributed by atoms with Gasteiger partial charge in [-0.3, -0.25) is 9.63 Å². The van der Waals surface area contributed by atoms with Gasteiger partial charge in [0.1, 0.15) is 10.6 Å². The third-order valence-corrected chi connectivity index (χ3v) is 5.05. The maximum Gasteiger partial charge on any atom is 0.338 e. The Morgan fingerprint density at radius 2 is 1.72 bits per heavy atom. The molecule has 0 fully saturated rings. The van der Waals surface area contributed by atoms with E-state index in [1.807, 2.05) is 0 Å². The fourth-order valence-electron chi connectivity index (χ4n) is 1.88. The van der Waals surface area contributed by atoms with Crippen molar-refractivity contribution in [2.45, 2.75) is 17.9 Å². The Morgan fingerprint density at radius 1 is 1.12 bits per heavy atom. The molecule has 0 N–H and O–H groups in total. The Hall–Kier alpha value is -2.17. The molecule has 0 unspecified atom stereocenters. The number of likely N-dealkylation sites (N-methyl/N-ethyl adjacent to an activating group) is 1. The first-order valence-corrected chi connectivity index (χ1v) is 8.63. The molecule has 1 rings (SSSR count). The molecule has 1 aromatic carbocycles. The van der Waals surface area contributed by atoms with Gasteiger partial charge in [-0.15, -0.1) is 0 Å². The highest BCUT2D eigenvalue weighted by atomic mass is 32.2. The van der Waals surface area contributed by atoms with E-state index in [9.17, 15) is 18.0 Å². The van der Waals surface area contributed by atoms with Gasteiger partial charge in [-0.1, -0.05) is 4.47 Å². The molecule has 1 atom stereocenters. The molecule has 0 aliphatic rings. The van der Waals surface area contributed by atoms with Crippen molar-refractivity contribution in [2.75, 3.05) is 35.4 Å². The van der Waals surface area contributed by atoms with Gasteiger partial charge in [0.25, 0.3) is 15.9 Å². The minimum absolute atomic E-state index is 0.0396. The standard InChI is InChI=1S/C15H22N2O7S/c1-10(14(18)16(2)3)24-15(19)11-7-8-12(22-5)13(9-11)25(20,21)17(4)23-6/h7-10H,1-6H3/t10-/m0/s1. The zero-order valence-electron chi connectivity index (χ0n) is 15.0. The minimum Gasteiger partial charge on any atom is -0.495 e. The summed E-state index contributed by atoms with van der Waals surface area (Å²) < 4.78 is 35.6. The number of hydrogen-bond acceptors (Lipinski definition) is 7. The fraction of sp³-hybridized carbons (Fsp3) is 0.467. The van der Waals surface area contributed by atoms with Crippen LogP contribution in [0.15, 0.2) is 23.1 Å². The van der Waals surface area contributed by atoms with E-state index in [0.29, 0.717) is 4.47 Å². The van der Waals surface area contributed by atoms with Crippen molar-refractivity contribution in [3.63, 3.8) is 0 Å². The summed E-state index contributed by atoms with van der Waals surface area (Å²) in [6.07, 6.45) is -1.01. The molecule has 0 spiro atoms. The van der Waals surface area contributed by atoms with Crippen LogP contribution in [0.1, 0.15) is 17.3 Å². The SMILES string of the molecule is COc1ccc(C(=O)O[C@@H](C)C(=O)N(C)C)cc1S(=O)(=O)N(C)OC. The molecule has 0 bridgehead atoms. The van der Waals surface area contributed by atoms with Crippen LogP contribution < -0.4 is 4.74 Å². The minimum atomic E-state index is -4.04. The van der Waals surface area contributed by atoms with Crippen LogP contribution in [-0.4, -0.2) is 71.1 Å². The van der Waals surface area contributed by atoms with E-state index < -0.39 is 28.0 Å². The maximum atomic E-state index is 12.4. The molecule has 0 saturated carbocycles. The largest absolute Gasteiger partial charge is 0.495 e. The van der Waals surface area contributed by atoms with E-state index in [2.05, 4.69) is 0 Å². The van der Waals surface area contributed by atoms with Crippen molar-refractivity contribution in [3.8, 4) is 5.75 Å². The van der Waals surface area contributed by atoms with Crippen molar-refractivity contribution in [1.29, 1.82) is 0 Å². The lowest BCUT2D eigenvalue weighted by Gasteiger charge is -2.19. The van der Waals surface area contributed by atoms with Crippen LogP contribution in [0.4, 0.5) is 0 Å². The highest BCUT2D eigenvalue weighted by Crippen LogP contribution is 2.27. The molecular formula is C15H22N2O7S. The number of carbonyl (C=O) groups is 2. The van der Waals surface area contributed by atoms with Crippen molar-refractivity contribution in [2.24, 2.45) is 0 Å². The summed E-state index contributed by atoms with van der Waals surface area (Å²) in [6, 6.07) is 3.78. The number of nitrogens with zero attached hydrogens (tertiary/aromatic N) is 2. The summed E-state index contributed by atoms with van der Waals surface area (Å²) in [6.45, 7) is 1.43. The van der Waals surface area contributed by atoms with Gasteiger partial charge in [0.2, 0.25) is 0 Å². The van der Waals surface area contributed by atoms with E-state index in [1.54, 1.807) is 0 Å². The quantitative estimate of drug-likeness (QED) is 0.506. The second-order valence-corrected chi connectivity index (χ2v) is 7.15. The van der Waals surface area contributed by atoms with Crippen LogP contribution in [-0.2, 0) is 24.4 Å². The second kappa shape index (κ2) is 8.28. The lowest BCUT2D eigenvalue weighted by Crippen LogP contribution is -2.35. The molecular weight excluding hydrogens is 352 g/mol. The van der Waals surface area contributed by atoms with Crippen molar-refractivity contribution in [1.82, 2.24) is 9.37 Å². The van der Waals surface area contributed by atoms with Gasteiger partial charge < -0.3 is 14.4 Å². The number of hydrogen-bond donors (Lipinski definition) is 0. The normalized spacial score (nSPS) is 12.6. The van der Waals surface area contributed by atoms with Gasteiger partial charge in [-0.05, 0) is 25.1 Å². The first kappa shape index (κ1) is 20.9. The van der Waals surface area contributed by atoms with Gasteiger partial charge in [0.15, 0.2) is 6.10 Å². The zero-order valence-corrected chi connectivity index (χ0v) is 15.8. The summed E-state index contributed by atoms with van der Waals surface area (Å²) in [4.78, 5) is 29.7. The highest BCUT2D eigenvalue weighted by molar-refractivity contribution is 7.89. The number of carbonyl (C=O) groups excluding carboxylic acids is 2. The summed E-state index contributed by atoms with van der Waals surface area (Å²) >= 11 is 0. The molecule has 0 aromatic heterocycles. The van der Waals surface area contributed by atoms with Crippen LogP contribution in [0.3, 0.4) is 0 Å². The summed E-state index contributed by atoms with van der Waals surface area (Å²) in [5.41, 5.74) is -0.0396. The monoisotopic (exact) mass is 374 g/mol. The second-order valence-electron chi connectivity index (χ2n) is 5.24. The zero-order chi connectivity index (χ0) is 19.4. The average Bonchev–Trinajstić information content (AvgIpc) is 2.59. The van der Waals surface area contributed by atoms with Crippen molar-refractivity contribution < 1.29 is 32.3 Å². The summed E-state index contributed by atoms with van der Waals surface area (Å²) in [5, 5.41) is 0. The predicted octanol–water partition coefficient (Wildman–Crippen LogP) is 0.511. The van der Waals surface area contributed by atoms with Crippen LogP contribution in [0.2, 0.25) is 0 Å². The Morgan fingerprint density at radius 3 is 2.20 bits per heavy atom. The Kier molecular flexibility index (Phi) is 6.91. The summed E-state index contributed by atoms with van der Waals surface area (Å²) in [7, 11) is 2.72. The number of rotatable bonds is 7. The van der Waals surface area contributed by atoms with E-state index in [1.165, 1.54) is 59.3 Å². The van der Waals surface area contributed by atoms with Gasteiger partial charge in [0, 0.05) is 21.1 Å². The van der Waals surface area contributed by atoms with Gasteiger partial charge in [-0.2, -0.15) is 0 Å². The van der Waals surface area contributed by atoms with Crippen LogP contribution in [0.25, 0.3) is 0 Å². The molecule has 0 aliphatic heterocycles. The molecule has 1 amide bonds. The Labute approximate surface area is 147 Å². The van der Waals surface area contributed by atoms with E-state index >= 15 is 0 Å².